The molecular weight excluding hydrogens is 572 g/mol. The third kappa shape index (κ3) is 6.57. The Morgan fingerprint density at radius 2 is 1.43 bits per heavy atom. The molecule has 0 atom stereocenters. The van der Waals surface area contributed by atoms with Gasteiger partial charge < -0.3 is 14.8 Å². The molecule has 5 rings (SSSR count). The number of rotatable bonds is 10. The molecule has 0 saturated heterocycles. The quantitative estimate of drug-likeness (QED) is 0.177. The summed E-state index contributed by atoms with van der Waals surface area (Å²) in [5.74, 6) is 0.950. The summed E-state index contributed by atoms with van der Waals surface area (Å²) in [4.78, 5) is 13.9. The molecule has 0 aromatic heterocycles. The number of nitrogens with zero attached hydrogens (tertiary/aromatic N) is 1. The van der Waals surface area contributed by atoms with Gasteiger partial charge in [-0.25, -0.2) is 8.42 Å². The Morgan fingerprint density at radius 3 is 2.12 bits per heavy atom. The highest BCUT2D eigenvalue weighted by atomic mass is 35.5. The topological polar surface area (TPSA) is 84.9 Å². The van der Waals surface area contributed by atoms with Crippen molar-refractivity contribution in [2.24, 2.45) is 0 Å². The van der Waals surface area contributed by atoms with E-state index in [-0.39, 0.29) is 22.7 Å². The van der Waals surface area contributed by atoms with Crippen LogP contribution < -0.4 is 19.1 Å². The monoisotopic (exact) mass is 598 g/mol. The molecule has 0 aliphatic carbocycles. The molecular formula is C33H27ClN2O5S. The molecule has 5 aromatic rings. The number of halogens is 1. The van der Waals surface area contributed by atoms with Crippen LogP contribution in [-0.4, -0.2) is 21.4 Å². The highest BCUT2D eigenvalue weighted by Gasteiger charge is 2.29. The number of anilines is 2. The predicted molar refractivity (Wildman–Crippen MR) is 165 cm³/mol. The molecule has 9 heteroatoms. The van der Waals surface area contributed by atoms with Gasteiger partial charge in [-0.3, -0.25) is 9.10 Å². The van der Waals surface area contributed by atoms with Crippen LogP contribution >= 0.6 is 11.6 Å². The van der Waals surface area contributed by atoms with Crippen molar-refractivity contribution >= 4 is 38.9 Å². The lowest BCUT2D eigenvalue weighted by Crippen LogP contribution is -2.32. The highest BCUT2D eigenvalue weighted by Crippen LogP contribution is 2.34. The average Bonchev–Trinajstić information content (AvgIpc) is 3.02. The smallest absolute Gasteiger partial charge is 0.264 e. The number of hydrogen-bond donors (Lipinski definition) is 1. The second-order valence-corrected chi connectivity index (χ2v) is 11.5. The second kappa shape index (κ2) is 12.8. The van der Waals surface area contributed by atoms with Crippen molar-refractivity contribution in [1.29, 1.82) is 0 Å². The number of para-hydroxylation sites is 2. The molecule has 42 heavy (non-hydrogen) atoms. The number of benzene rings is 5. The molecule has 5 aromatic carbocycles. The SMILES string of the molecule is COc1ccc(S(=O)(=O)N(Cc2ccccc2)c2ccccc2C(=O)Nc2cc(Cl)ccc2Oc2ccccc2)cc1. The lowest BCUT2D eigenvalue weighted by atomic mass is 10.1. The Balaban J connectivity index is 1.54. The van der Waals surface area contributed by atoms with Crippen LogP contribution in [0.2, 0.25) is 5.02 Å². The van der Waals surface area contributed by atoms with Crippen molar-refractivity contribution < 1.29 is 22.7 Å². The molecule has 0 heterocycles. The van der Waals surface area contributed by atoms with Crippen molar-refractivity contribution in [2.45, 2.75) is 11.4 Å². The lowest BCUT2D eigenvalue weighted by Gasteiger charge is -2.27. The van der Waals surface area contributed by atoms with E-state index in [4.69, 9.17) is 21.1 Å². The fraction of sp³-hybridized carbons (Fsp3) is 0.0606. The first-order valence-electron chi connectivity index (χ1n) is 13.0. The van der Waals surface area contributed by atoms with Crippen LogP contribution in [0.4, 0.5) is 11.4 Å². The standard InChI is InChI=1S/C33H27ClN2O5S/c1-40-26-17-19-28(20-18-26)42(38,39)36(23-24-10-4-2-5-11-24)31-15-9-8-14-29(31)33(37)35-30-22-25(34)16-21-32(30)41-27-12-6-3-7-13-27/h2-22H,23H2,1H3,(H,35,37). The van der Waals surface area contributed by atoms with Gasteiger partial charge in [0.25, 0.3) is 15.9 Å². The van der Waals surface area contributed by atoms with Gasteiger partial charge in [0.05, 0.1) is 35.5 Å². The molecule has 0 bridgehead atoms. The van der Waals surface area contributed by atoms with Crippen LogP contribution in [0.5, 0.6) is 17.2 Å². The number of carbonyl (C=O) groups excluding carboxylic acids is 1. The van der Waals surface area contributed by atoms with Crippen molar-refractivity contribution in [2.75, 3.05) is 16.7 Å². The zero-order chi connectivity index (χ0) is 29.5. The Labute approximate surface area is 250 Å². The summed E-state index contributed by atoms with van der Waals surface area (Å²) in [7, 11) is -2.60. The van der Waals surface area contributed by atoms with Crippen molar-refractivity contribution in [1.82, 2.24) is 0 Å². The number of methoxy groups -OCH3 is 1. The van der Waals surface area contributed by atoms with Crippen LogP contribution in [0.3, 0.4) is 0 Å². The van der Waals surface area contributed by atoms with E-state index in [0.717, 1.165) is 5.56 Å². The summed E-state index contributed by atoms with van der Waals surface area (Å²) in [5, 5.41) is 3.26. The number of nitrogens with one attached hydrogen (secondary N) is 1. The zero-order valence-corrected chi connectivity index (χ0v) is 24.2. The number of sulfonamides is 1. The van der Waals surface area contributed by atoms with Crippen LogP contribution in [0.25, 0.3) is 0 Å². The van der Waals surface area contributed by atoms with E-state index in [1.807, 2.05) is 48.5 Å². The molecule has 7 nitrogen and oxygen atoms in total. The van der Waals surface area contributed by atoms with Gasteiger partial charge >= 0.3 is 0 Å². The zero-order valence-electron chi connectivity index (χ0n) is 22.6. The van der Waals surface area contributed by atoms with Crippen LogP contribution in [0, 0.1) is 0 Å². The van der Waals surface area contributed by atoms with Gasteiger partial charge in [0.15, 0.2) is 5.75 Å². The first-order chi connectivity index (χ1) is 20.3. The van der Waals surface area contributed by atoms with Crippen molar-refractivity contribution in [3.05, 3.63) is 144 Å². The van der Waals surface area contributed by atoms with Crippen LogP contribution in [0.1, 0.15) is 15.9 Å². The molecule has 0 spiro atoms. The van der Waals surface area contributed by atoms with E-state index in [1.165, 1.54) is 23.5 Å². The molecule has 1 amide bonds. The van der Waals surface area contributed by atoms with E-state index < -0.39 is 15.9 Å². The van der Waals surface area contributed by atoms with Gasteiger partial charge in [-0.1, -0.05) is 72.3 Å². The highest BCUT2D eigenvalue weighted by molar-refractivity contribution is 7.92. The lowest BCUT2D eigenvalue weighted by molar-refractivity contribution is 0.102. The van der Waals surface area contributed by atoms with E-state index >= 15 is 0 Å². The average molecular weight is 599 g/mol. The molecule has 0 unspecified atom stereocenters. The molecule has 0 fully saturated rings. The van der Waals surface area contributed by atoms with E-state index in [9.17, 15) is 13.2 Å². The minimum atomic E-state index is -4.11. The van der Waals surface area contributed by atoms with E-state index in [1.54, 1.807) is 66.7 Å². The third-order valence-electron chi connectivity index (χ3n) is 6.39. The number of ether oxygens (including phenoxy) is 2. The van der Waals surface area contributed by atoms with Crippen LogP contribution in [0.15, 0.2) is 132 Å². The largest absolute Gasteiger partial charge is 0.497 e. The molecule has 1 N–H and O–H groups in total. The van der Waals surface area contributed by atoms with Crippen molar-refractivity contribution in [3.8, 4) is 17.2 Å². The second-order valence-electron chi connectivity index (χ2n) is 9.20. The Hall–Kier alpha value is -4.79. The van der Waals surface area contributed by atoms with E-state index in [0.29, 0.717) is 28.0 Å². The number of amides is 1. The predicted octanol–water partition coefficient (Wildman–Crippen LogP) is 7.79. The normalized spacial score (nSPS) is 11.0. The summed E-state index contributed by atoms with van der Waals surface area (Å²) >= 11 is 6.27. The number of hydrogen-bond acceptors (Lipinski definition) is 5. The van der Waals surface area contributed by atoms with Gasteiger partial charge in [-0.05, 0) is 72.3 Å². The first-order valence-corrected chi connectivity index (χ1v) is 14.8. The summed E-state index contributed by atoms with van der Waals surface area (Å²) in [5.41, 5.74) is 1.44. The minimum absolute atomic E-state index is 0.000963. The van der Waals surface area contributed by atoms with Gasteiger partial charge in [-0.2, -0.15) is 0 Å². The summed E-state index contributed by atoms with van der Waals surface area (Å²) in [6.45, 7) is -0.000963. The fourth-order valence-electron chi connectivity index (χ4n) is 4.30. The third-order valence-corrected chi connectivity index (χ3v) is 8.40. The Morgan fingerprint density at radius 1 is 0.786 bits per heavy atom. The van der Waals surface area contributed by atoms with Crippen molar-refractivity contribution in [3.63, 3.8) is 0 Å². The molecule has 212 valence electrons. The minimum Gasteiger partial charge on any atom is -0.497 e. The summed E-state index contributed by atoms with van der Waals surface area (Å²) in [6.07, 6.45) is 0. The Kier molecular flexibility index (Phi) is 8.76. The Bertz CT molecular complexity index is 1780. The van der Waals surface area contributed by atoms with E-state index in [2.05, 4.69) is 5.32 Å². The number of carbonyl (C=O) groups is 1. The van der Waals surface area contributed by atoms with Crippen LogP contribution in [-0.2, 0) is 16.6 Å². The maximum atomic E-state index is 14.1. The molecule has 0 aliphatic heterocycles. The van der Waals surface area contributed by atoms with Gasteiger partial charge in [-0.15, -0.1) is 0 Å². The summed E-state index contributed by atoms with van der Waals surface area (Å²) < 4.78 is 40.6. The summed E-state index contributed by atoms with van der Waals surface area (Å²) in [6, 6.07) is 35.9. The maximum absolute atomic E-state index is 14.1. The van der Waals surface area contributed by atoms with Gasteiger partial charge in [0, 0.05) is 5.02 Å². The van der Waals surface area contributed by atoms with Gasteiger partial charge in [0.2, 0.25) is 0 Å². The molecule has 0 aliphatic rings. The van der Waals surface area contributed by atoms with Gasteiger partial charge in [0.1, 0.15) is 11.5 Å². The molecule has 0 radical (unpaired) electrons. The molecule has 0 saturated carbocycles. The maximum Gasteiger partial charge on any atom is 0.264 e. The fourth-order valence-corrected chi connectivity index (χ4v) is 5.94. The first kappa shape index (κ1) is 28.7.